The van der Waals surface area contributed by atoms with Gasteiger partial charge in [-0.2, -0.15) is 4.31 Å². The van der Waals surface area contributed by atoms with Gasteiger partial charge in [-0.25, -0.2) is 8.42 Å². The van der Waals surface area contributed by atoms with E-state index in [1.165, 1.54) is 37.7 Å². The maximum atomic E-state index is 12.8. The third-order valence-corrected chi connectivity index (χ3v) is 9.08. The molecular weight excluding hydrogens is 460 g/mol. The number of carbonyl (C=O) groups is 1. The number of para-hydroxylation sites is 1. The van der Waals surface area contributed by atoms with Crippen LogP contribution in [0.1, 0.15) is 56.9 Å². The van der Waals surface area contributed by atoms with Gasteiger partial charge in [-0.15, -0.1) is 0 Å². The van der Waals surface area contributed by atoms with Crippen molar-refractivity contribution in [3.05, 3.63) is 54.1 Å². The fourth-order valence-electron chi connectivity index (χ4n) is 5.10. The average Bonchev–Trinajstić information content (AvgIpc) is 2.89. The lowest BCUT2D eigenvalue weighted by Crippen LogP contribution is -2.35. The van der Waals surface area contributed by atoms with Gasteiger partial charge in [0, 0.05) is 37.1 Å². The number of carbonyl (C=O) groups excluding carboxylic acids is 1. The molecule has 2 aromatic carbocycles. The Morgan fingerprint density at radius 2 is 1.60 bits per heavy atom. The number of amides is 1. The van der Waals surface area contributed by atoms with E-state index in [1.54, 1.807) is 28.6 Å². The molecule has 2 fully saturated rings. The Bertz CT molecular complexity index is 1080. The fraction of sp³-hybridized carbons (Fsp3) is 0.519. The molecule has 2 aliphatic rings. The van der Waals surface area contributed by atoms with E-state index in [9.17, 15) is 13.2 Å². The van der Waals surface area contributed by atoms with Crippen molar-refractivity contribution in [2.75, 3.05) is 37.3 Å². The van der Waals surface area contributed by atoms with Gasteiger partial charge in [-0.1, -0.05) is 43.9 Å². The molecule has 1 aliphatic heterocycles. The first-order chi connectivity index (χ1) is 16.9. The molecule has 1 amide bonds. The van der Waals surface area contributed by atoms with Crippen molar-refractivity contribution in [1.82, 2.24) is 9.21 Å². The number of benzene rings is 2. The number of anilines is 2. The summed E-state index contributed by atoms with van der Waals surface area (Å²) in [5.74, 6) is -0.174. The molecule has 8 heteroatoms. The van der Waals surface area contributed by atoms with Crippen LogP contribution in [0.2, 0.25) is 0 Å². The lowest BCUT2D eigenvalue weighted by atomic mass is 9.94. The molecule has 0 unspecified atom stereocenters. The Morgan fingerprint density at radius 1 is 0.943 bits per heavy atom. The molecule has 4 rings (SSSR count). The Balaban J connectivity index is 1.31. The predicted molar refractivity (Wildman–Crippen MR) is 141 cm³/mol. The molecule has 1 saturated heterocycles. The Kier molecular flexibility index (Phi) is 8.81. The third kappa shape index (κ3) is 6.84. The second-order valence-corrected chi connectivity index (χ2v) is 11.7. The fourth-order valence-corrected chi connectivity index (χ4v) is 6.61. The van der Waals surface area contributed by atoms with Gasteiger partial charge in [0.15, 0.2) is 0 Å². The smallest absolute Gasteiger partial charge is 0.243 e. The Morgan fingerprint density at radius 3 is 2.31 bits per heavy atom. The predicted octanol–water partition coefficient (Wildman–Crippen LogP) is 4.68. The molecule has 2 N–H and O–H groups in total. The van der Waals surface area contributed by atoms with Crippen molar-refractivity contribution in [2.45, 2.75) is 68.8 Å². The second kappa shape index (κ2) is 12.0. The van der Waals surface area contributed by atoms with Gasteiger partial charge in [0.25, 0.3) is 0 Å². The van der Waals surface area contributed by atoms with Crippen LogP contribution >= 0.6 is 0 Å². The minimum absolute atomic E-state index is 0.137. The monoisotopic (exact) mass is 498 g/mol. The van der Waals surface area contributed by atoms with Crippen LogP contribution in [-0.2, 0) is 21.4 Å². The highest BCUT2D eigenvalue weighted by atomic mass is 32.2. The Labute approximate surface area is 209 Å². The number of piperidine rings is 1. The largest absolute Gasteiger partial charge is 0.376 e. The van der Waals surface area contributed by atoms with Crippen LogP contribution in [0.4, 0.5) is 11.4 Å². The first kappa shape index (κ1) is 25.7. The maximum absolute atomic E-state index is 12.8. The number of hydrogen-bond acceptors (Lipinski definition) is 5. The highest BCUT2D eigenvalue weighted by molar-refractivity contribution is 7.89. The summed E-state index contributed by atoms with van der Waals surface area (Å²) in [4.78, 5) is 15.3. The van der Waals surface area contributed by atoms with Gasteiger partial charge >= 0.3 is 0 Å². The van der Waals surface area contributed by atoms with Gasteiger partial charge in [0.2, 0.25) is 15.9 Å². The average molecular weight is 499 g/mol. The second-order valence-electron chi connectivity index (χ2n) is 9.75. The number of rotatable bonds is 9. The van der Waals surface area contributed by atoms with E-state index in [4.69, 9.17) is 0 Å². The lowest BCUT2D eigenvalue weighted by molar-refractivity contribution is -0.114. The molecule has 7 nitrogen and oxygen atoms in total. The summed E-state index contributed by atoms with van der Waals surface area (Å²) in [6.45, 7) is 2.13. The SMILES string of the molecule is CN(Cc1ccccc1NCC(=O)Nc1ccc(S(=O)(=O)N2CCCCC2)cc1)C1CCCCC1. The topological polar surface area (TPSA) is 81.8 Å². The normalized spacial score (nSPS) is 17.9. The van der Waals surface area contributed by atoms with E-state index >= 15 is 0 Å². The molecule has 190 valence electrons. The molecule has 35 heavy (non-hydrogen) atoms. The quantitative estimate of drug-likeness (QED) is 0.525. The van der Waals surface area contributed by atoms with Crippen molar-refractivity contribution in [1.29, 1.82) is 0 Å². The highest BCUT2D eigenvalue weighted by Crippen LogP contribution is 2.25. The summed E-state index contributed by atoms with van der Waals surface area (Å²) in [7, 11) is -1.28. The van der Waals surface area contributed by atoms with Crippen LogP contribution < -0.4 is 10.6 Å². The molecule has 1 aliphatic carbocycles. The van der Waals surface area contributed by atoms with Gasteiger partial charge < -0.3 is 10.6 Å². The Hall–Kier alpha value is -2.42. The number of hydrogen-bond donors (Lipinski definition) is 2. The zero-order chi connectivity index (χ0) is 24.7. The first-order valence-corrected chi connectivity index (χ1v) is 14.3. The minimum Gasteiger partial charge on any atom is -0.376 e. The van der Waals surface area contributed by atoms with Crippen molar-refractivity contribution >= 4 is 27.3 Å². The molecule has 1 saturated carbocycles. The highest BCUT2D eigenvalue weighted by Gasteiger charge is 2.25. The van der Waals surface area contributed by atoms with E-state index in [0.29, 0.717) is 24.8 Å². The number of nitrogens with one attached hydrogen (secondary N) is 2. The molecule has 0 aromatic heterocycles. The molecule has 0 radical (unpaired) electrons. The van der Waals surface area contributed by atoms with Crippen LogP contribution in [-0.4, -0.2) is 56.3 Å². The zero-order valence-corrected chi connectivity index (χ0v) is 21.5. The summed E-state index contributed by atoms with van der Waals surface area (Å²) < 4.78 is 27.2. The van der Waals surface area contributed by atoms with E-state index < -0.39 is 10.0 Å². The number of nitrogens with zero attached hydrogens (tertiary/aromatic N) is 2. The van der Waals surface area contributed by atoms with Crippen molar-refractivity contribution < 1.29 is 13.2 Å². The van der Waals surface area contributed by atoms with Gasteiger partial charge in [0.1, 0.15) is 0 Å². The summed E-state index contributed by atoms with van der Waals surface area (Å²) in [6.07, 6.45) is 9.35. The molecule has 1 heterocycles. The van der Waals surface area contributed by atoms with Crippen molar-refractivity contribution in [2.24, 2.45) is 0 Å². The zero-order valence-electron chi connectivity index (χ0n) is 20.7. The molecular formula is C27H38N4O3S. The minimum atomic E-state index is -3.47. The van der Waals surface area contributed by atoms with Crippen molar-refractivity contribution in [3.63, 3.8) is 0 Å². The van der Waals surface area contributed by atoms with E-state index in [-0.39, 0.29) is 17.3 Å². The number of sulfonamides is 1. The molecule has 0 atom stereocenters. The van der Waals surface area contributed by atoms with E-state index in [2.05, 4.69) is 28.6 Å². The van der Waals surface area contributed by atoms with Crippen LogP contribution in [0.5, 0.6) is 0 Å². The third-order valence-electron chi connectivity index (χ3n) is 7.17. The van der Waals surface area contributed by atoms with Crippen LogP contribution in [0.15, 0.2) is 53.4 Å². The van der Waals surface area contributed by atoms with Crippen LogP contribution in [0.25, 0.3) is 0 Å². The summed E-state index contributed by atoms with van der Waals surface area (Å²) >= 11 is 0. The standard InChI is InChI=1S/C27H38N4O3S/c1-30(24-11-4-2-5-12-24)21-22-10-6-7-13-26(22)28-20-27(32)29-23-14-16-25(17-15-23)35(33,34)31-18-8-3-9-19-31/h6-7,10,13-17,24,28H,2-5,8-9,11-12,18-21H2,1H3,(H,29,32). The first-order valence-electron chi connectivity index (χ1n) is 12.9. The lowest BCUT2D eigenvalue weighted by Gasteiger charge is -2.31. The van der Waals surface area contributed by atoms with Crippen molar-refractivity contribution in [3.8, 4) is 0 Å². The van der Waals surface area contributed by atoms with Gasteiger partial charge in [-0.3, -0.25) is 9.69 Å². The summed E-state index contributed by atoms with van der Waals surface area (Å²) in [5, 5.41) is 6.14. The van der Waals surface area contributed by atoms with Crippen LogP contribution in [0, 0.1) is 0 Å². The van der Waals surface area contributed by atoms with Crippen LogP contribution in [0.3, 0.4) is 0 Å². The van der Waals surface area contributed by atoms with Gasteiger partial charge in [-0.05, 0) is 68.6 Å². The van der Waals surface area contributed by atoms with E-state index in [0.717, 1.165) is 31.5 Å². The van der Waals surface area contributed by atoms with Gasteiger partial charge in [0.05, 0.1) is 11.4 Å². The molecule has 2 aromatic rings. The summed E-state index contributed by atoms with van der Waals surface area (Å²) in [6, 6.07) is 15.2. The molecule has 0 spiro atoms. The molecule has 0 bridgehead atoms. The van der Waals surface area contributed by atoms with E-state index in [1.807, 2.05) is 18.2 Å². The maximum Gasteiger partial charge on any atom is 0.243 e. The summed E-state index contributed by atoms with van der Waals surface area (Å²) in [5.41, 5.74) is 2.73.